The molecule has 0 saturated heterocycles. The average molecular weight is 382 g/mol. The molecule has 28 heavy (non-hydrogen) atoms. The number of fused-ring (bicyclic) bond motifs is 1. The van der Waals surface area contributed by atoms with Crippen LogP contribution in [0.2, 0.25) is 0 Å². The SMILES string of the molecule is C=CC(C)(C)c1cc(O)c(O)c2c(=O)c(OC)c(-c3ccc(OC)cc3)oc12. The Bertz CT molecular complexity index is 1110. The lowest BCUT2D eigenvalue weighted by molar-refractivity contribution is 0.392. The van der Waals surface area contributed by atoms with Crippen LogP contribution in [-0.4, -0.2) is 24.4 Å². The van der Waals surface area contributed by atoms with Gasteiger partial charge in [0.25, 0.3) is 0 Å². The molecule has 0 amide bonds. The van der Waals surface area contributed by atoms with Crippen molar-refractivity contribution >= 4 is 11.0 Å². The van der Waals surface area contributed by atoms with Crippen molar-refractivity contribution in [2.75, 3.05) is 14.2 Å². The number of phenolic OH excluding ortho intramolecular Hbond substituents is 2. The lowest BCUT2D eigenvalue weighted by Gasteiger charge is -2.23. The van der Waals surface area contributed by atoms with Gasteiger partial charge in [0, 0.05) is 16.5 Å². The smallest absolute Gasteiger partial charge is 0.239 e. The van der Waals surface area contributed by atoms with Crippen molar-refractivity contribution in [2.45, 2.75) is 19.3 Å². The highest BCUT2D eigenvalue weighted by Gasteiger charge is 2.28. The number of phenols is 2. The van der Waals surface area contributed by atoms with Gasteiger partial charge in [-0.05, 0) is 30.3 Å². The van der Waals surface area contributed by atoms with Crippen LogP contribution in [0.25, 0.3) is 22.3 Å². The Morgan fingerprint density at radius 2 is 1.75 bits per heavy atom. The first-order valence-corrected chi connectivity index (χ1v) is 8.63. The predicted octanol–water partition coefficient (Wildman–Crippen LogP) is 4.35. The topological polar surface area (TPSA) is 89.1 Å². The zero-order valence-electron chi connectivity index (χ0n) is 16.2. The van der Waals surface area contributed by atoms with Crippen LogP contribution in [0, 0.1) is 0 Å². The highest BCUT2D eigenvalue weighted by atomic mass is 16.5. The largest absolute Gasteiger partial charge is 0.504 e. The van der Waals surface area contributed by atoms with E-state index in [2.05, 4.69) is 6.58 Å². The molecule has 0 saturated carbocycles. The maximum absolute atomic E-state index is 13.1. The third kappa shape index (κ3) is 2.97. The number of ether oxygens (including phenoxy) is 2. The van der Waals surface area contributed by atoms with E-state index in [1.807, 2.05) is 13.8 Å². The predicted molar refractivity (Wildman–Crippen MR) is 108 cm³/mol. The van der Waals surface area contributed by atoms with E-state index in [0.29, 0.717) is 16.9 Å². The molecule has 0 unspecified atom stereocenters. The molecule has 6 heteroatoms. The molecule has 6 nitrogen and oxygen atoms in total. The molecule has 0 atom stereocenters. The number of methoxy groups -OCH3 is 2. The van der Waals surface area contributed by atoms with E-state index in [0.717, 1.165) is 0 Å². The maximum Gasteiger partial charge on any atom is 0.239 e. The van der Waals surface area contributed by atoms with Gasteiger partial charge in [-0.3, -0.25) is 4.79 Å². The summed E-state index contributed by atoms with van der Waals surface area (Å²) in [5, 5.41) is 20.4. The van der Waals surface area contributed by atoms with Crippen LogP contribution >= 0.6 is 0 Å². The fraction of sp³-hybridized carbons (Fsp3) is 0.227. The molecule has 0 fully saturated rings. The molecule has 3 rings (SSSR count). The minimum Gasteiger partial charge on any atom is -0.504 e. The Morgan fingerprint density at radius 3 is 2.29 bits per heavy atom. The summed E-state index contributed by atoms with van der Waals surface area (Å²) < 4.78 is 16.6. The monoisotopic (exact) mass is 382 g/mol. The van der Waals surface area contributed by atoms with Gasteiger partial charge in [0.05, 0.1) is 14.2 Å². The van der Waals surface area contributed by atoms with Gasteiger partial charge in [0.1, 0.15) is 16.7 Å². The van der Waals surface area contributed by atoms with Crippen LogP contribution in [-0.2, 0) is 5.41 Å². The van der Waals surface area contributed by atoms with Gasteiger partial charge in [0.15, 0.2) is 17.3 Å². The van der Waals surface area contributed by atoms with Gasteiger partial charge in [-0.25, -0.2) is 0 Å². The fourth-order valence-corrected chi connectivity index (χ4v) is 3.03. The second kappa shape index (κ2) is 6.96. The highest BCUT2D eigenvalue weighted by molar-refractivity contribution is 5.92. The number of hydrogen-bond donors (Lipinski definition) is 2. The molecule has 1 heterocycles. The molecule has 0 spiro atoms. The second-order valence-electron chi connectivity index (χ2n) is 6.94. The van der Waals surface area contributed by atoms with Crippen LogP contribution in [0.4, 0.5) is 0 Å². The van der Waals surface area contributed by atoms with Gasteiger partial charge in [-0.15, -0.1) is 6.58 Å². The van der Waals surface area contributed by atoms with Crippen LogP contribution in [0.5, 0.6) is 23.0 Å². The highest BCUT2D eigenvalue weighted by Crippen LogP contribution is 2.43. The molecule has 1 aromatic heterocycles. The van der Waals surface area contributed by atoms with Gasteiger partial charge >= 0.3 is 0 Å². The van der Waals surface area contributed by atoms with Crippen LogP contribution in [0.3, 0.4) is 0 Å². The molecular weight excluding hydrogens is 360 g/mol. The zero-order chi connectivity index (χ0) is 20.6. The summed E-state index contributed by atoms with van der Waals surface area (Å²) in [6.07, 6.45) is 1.68. The normalized spacial score (nSPS) is 11.4. The first kappa shape index (κ1) is 19.4. The summed E-state index contributed by atoms with van der Waals surface area (Å²) in [6.45, 7) is 7.55. The molecule has 2 N–H and O–H groups in total. The third-order valence-corrected chi connectivity index (χ3v) is 4.84. The van der Waals surface area contributed by atoms with Crippen LogP contribution in [0.15, 0.2) is 52.2 Å². The first-order valence-electron chi connectivity index (χ1n) is 8.63. The van der Waals surface area contributed by atoms with Crippen molar-refractivity contribution < 1.29 is 24.1 Å². The Kier molecular flexibility index (Phi) is 4.81. The number of hydrogen-bond acceptors (Lipinski definition) is 6. The summed E-state index contributed by atoms with van der Waals surface area (Å²) in [6, 6.07) is 8.34. The molecule has 0 aliphatic heterocycles. The minimum absolute atomic E-state index is 0.0686. The number of allylic oxidation sites excluding steroid dienone is 1. The van der Waals surface area contributed by atoms with E-state index in [1.165, 1.54) is 13.2 Å². The minimum atomic E-state index is -0.634. The number of aromatic hydroxyl groups is 2. The average Bonchev–Trinajstić information content (AvgIpc) is 2.70. The molecule has 0 bridgehead atoms. The van der Waals surface area contributed by atoms with Crippen molar-refractivity contribution in [3.8, 4) is 34.3 Å². The number of benzene rings is 2. The molecular formula is C22H22O6. The van der Waals surface area contributed by atoms with Crippen molar-refractivity contribution in [1.29, 1.82) is 0 Å². The quantitative estimate of drug-likeness (QED) is 0.504. The molecule has 2 aromatic carbocycles. The van der Waals surface area contributed by atoms with Crippen molar-refractivity contribution in [3.63, 3.8) is 0 Å². The van der Waals surface area contributed by atoms with Gasteiger partial charge < -0.3 is 24.1 Å². The van der Waals surface area contributed by atoms with E-state index >= 15 is 0 Å². The number of rotatable bonds is 5. The lowest BCUT2D eigenvalue weighted by atomic mass is 9.83. The van der Waals surface area contributed by atoms with Crippen LogP contribution < -0.4 is 14.9 Å². The second-order valence-corrected chi connectivity index (χ2v) is 6.94. The van der Waals surface area contributed by atoms with E-state index in [1.54, 1.807) is 37.5 Å². The fourth-order valence-electron chi connectivity index (χ4n) is 3.03. The lowest BCUT2D eigenvalue weighted by Crippen LogP contribution is -2.16. The molecule has 0 radical (unpaired) electrons. The molecule has 146 valence electrons. The van der Waals surface area contributed by atoms with E-state index in [9.17, 15) is 15.0 Å². The third-order valence-electron chi connectivity index (χ3n) is 4.84. The van der Waals surface area contributed by atoms with E-state index in [4.69, 9.17) is 13.9 Å². The van der Waals surface area contributed by atoms with Gasteiger partial charge in [-0.2, -0.15) is 0 Å². The Morgan fingerprint density at radius 1 is 1.11 bits per heavy atom. The van der Waals surface area contributed by atoms with Crippen molar-refractivity contribution in [1.82, 2.24) is 0 Å². The van der Waals surface area contributed by atoms with E-state index < -0.39 is 22.3 Å². The zero-order valence-corrected chi connectivity index (χ0v) is 16.2. The van der Waals surface area contributed by atoms with E-state index in [-0.39, 0.29) is 22.5 Å². The molecule has 3 aromatic rings. The standard InChI is InChI=1S/C22H22O6/c1-6-22(2,3)14-11-15(23)17(24)16-18(25)21(27-5)19(28-20(14)16)12-7-9-13(26-4)10-8-12/h6-11,23-24H,1H2,2-5H3. The van der Waals surface area contributed by atoms with Crippen LogP contribution in [0.1, 0.15) is 19.4 Å². The summed E-state index contributed by atoms with van der Waals surface area (Å²) >= 11 is 0. The maximum atomic E-state index is 13.1. The Balaban J connectivity index is 2.47. The summed E-state index contributed by atoms with van der Waals surface area (Å²) in [5.41, 5.74) is 0.0697. The Labute approximate surface area is 162 Å². The summed E-state index contributed by atoms with van der Waals surface area (Å²) in [4.78, 5) is 13.1. The molecule has 0 aliphatic rings. The Hall–Kier alpha value is -3.41. The summed E-state index contributed by atoms with van der Waals surface area (Å²) in [7, 11) is 2.91. The van der Waals surface area contributed by atoms with Crippen molar-refractivity contribution in [2.24, 2.45) is 0 Å². The van der Waals surface area contributed by atoms with Gasteiger partial charge in [-0.1, -0.05) is 19.9 Å². The van der Waals surface area contributed by atoms with Gasteiger partial charge in [0.2, 0.25) is 11.2 Å². The molecule has 0 aliphatic carbocycles. The first-order chi connectivity index (χ1) is 13.2. The summed E-state index contributed by atoms with van der Waals surface area (Å²) in [5.74, 6) is -0.160. The van der Waals surface area contributed by atoms with Crippen molar-refractivity contribution in [3.05, 3.63) is 58.8 Å².